The smallest absolute Gasteiger partial charge is 0.188 e. The Balaban J connectivity index is 2.60. The number of carbonyl (C=O) groups excluding carboxylic acids is 1. The van der Waals surface area contributed by atoms with Gasteiger partial charge in [-0.1, -0.05) is 0 Å². The van der Waals surface area contributed by atoms with Gasteiger partial charge in [0.15, 0.2) is 19.4 Å². The Labute approximate surface area is 135 Å². The molecular formula is C17H22O6. The molecule has 0 aliphatic carbocycles. The van der Waals surface area contributed by atoms with Gasteiger partial charge in [-0.2, -0.15) is 0 Å². The van der Waals surface area contributed by atoms with Crippen molar-refractivity contribution in [2.45, 2.75) is 26.4 Å². The van der Waals surface area contributed by atoms with Crippen molar-refractivity contribution in [3.8, 4) is 17.2 Å². The molecule has 0 saturated heterocycles. The molecule has 1 aromatic carbocycles. The Morgan fingerprint density at radius 3 is 2.30 bits per heavy atom. The first kappa shape index (κ1) is 17.3. The molecule has 0 aromatic heterocycles. The van der Waals surface area contributed by atoms with Crippen LogP contribution >= 0.6 is 0 Å². The van der Waals surface area contributed by atoms with Gasteiger partial charge >= 0.3 is 0 Å². The predicted octanol–water partition coefficient (Wildman–Crippen LogP) is 3.04. The van der Waals surface area contributed by atoms with Crippen LogP contribution in [-0.2, 0) is 9.47 Å². The van der Waals surface area contributed by atoms with Crippen LogP contribution in [0.3, 0.4) is 0 Å². The van der Waals surface area contributed by atoms with Gasteiger partial charge < -0.3 is 23.7 Å². The van der Waals surface area contributed by atoms with Gasteiger partial charge in [-0.05, 0) is 32.9 Å². The van der Waals surface area contributed by atoms with E-state index in [0.29, 0.717) is 28.4 Å². The zero-order chi connectivity index (χ0) is 17.0. The number of rotatable bonds is 7. The molecule has 0 N–H and O–H groups in total. The van der Waals surface area contributed by atoms with Gasteiger partial charge in [-0.3, -0.25) is 4.79 Å². The third-order valence-electron chi connectivity index (χ3n) is 3.28. The predicted molar refractivity (Wildman–Crippen MR) is 85.2 cm³/mol. The fourth-order valence-electron chi connectivity index (χ4n) is 2.28. The Hall–Kier alpha value is -2.05. The number of hydrogen-bond acceptors (Lipinski definition) is 6. The maximum Gasteiger partial charge on any atom is 0.188 e. The van der Waals surface area contributed by atoms with Gasteiger partial charge in [0.05, 0.1) is 5.56 Å². The van der Waals surface area contributed by atoms with E-state index >= 15 is 0 Å². The Morgan fingerprint density at radius 1 is 1.13 bits per heavy atom. The molecule has 0 unspecified atom stereocenters. The monoisotopic (exact) mass is 322 g/mol. The van der Waals surface area contributed by atoms with Crippen molar-refractivity contribution in [1.29, 1.82) is 0 Å². The summed E-state index contributed by atoms with van der Waals surface area (Å²) in [6.07, 6.45) is 3.80. The minimum Gasteiger partial charge on any atom is -0.482 e. The number of methoxy groups -OCH3 is 2. The summed E-state index contributed by atoms with van der Waals surface area (Å²) in [5.41, 5.74) is 0.533. The lowest BCUT2D eigenvalue weighted by atomic mass is 9.97. The van der Waals surface area contributed by atoms with Crippen LogP contribution in [0.15, 0.2) is 12.1 Å². The average Bonchev–Trinajstić information content (AvgIpc) is 2.48. The molecule has 6 nitrogen and oxygen atoms in total. The molecule has 126 valence electrons. The topological polar surface area (TPSA) is 63.2 Å². The van der Waals surface area contributed by atoms with Crippen molar-refractivity contribution in [3.63, 3.8) is 0 Å². The second kappa shape index (κ2) is 7.02. The summed E-state index contributed by atoms with van der Waals surface area (Å²) < 4.78 is 27.0. The summed E-state index contributed by atoms with van der Waals surface area (Å²) in [4.78, 5) is 12.1. The normalized spacial score (nSPS) is 14.8. The van der Waals surface area contributed by atoms with E-state index in [9.17, 15) is 4.79 Å². The van der Waals surface area contributed by atoms with E-state index in [4.69, 9.17) is 23.7 Å². The molecule has 6 heteroatoms. The van der Waals surface area contributed by atoms with Gasteiger partial charge in [0.1, 0.15) is 28.4 Å². The number of benzene rings is 1. The lowest BCUT2D eigenvalue weighted by molar-refractivity contribution is 0.0444. The largest absolute Gasteiger partial charge is 0.482 e. The number of hydrogen-bond donors (Lipinski definition) is 0. The van der Waals surface area contributed by atoms with Crippen LogP contribution in [0, 0.1) is 0 Å². The van der Waals surface area contributed by atoms with Crippen LogP contribution in [0.4, 0.5) is 0 Å². The third-order valence-corrected chi connectivity index (χ3v) is 3.28. The molecule has 0 spiro atoms. The first-order valence-corrected chi connectivity index (χ1v) is 7.23. The molecule has 2 rings (SSSR count). The van der Waals surface area contributed by atoms with Crippen molar-refractivity contribution in [2.24, 2.45) is 0 Å². The molecule has 0 saturated carbocycles. The van der Waals surface area contributed by atoms with E-state index < -0.39 is 5.60 Å². The second-order valence-corrected chi connectivity index (χ2v) is 5.69. The average molecular weight is 322 g/mol. The molecule has 0 amide bonds. The SMILES string of the molecule is COCOc1cc(OCOC)c(C(C)=O)c2c1C=CC(C)(C)O2. The van der Waals surface area contributed by atoms with Crippen LogP contribution < -0.4 is 14.2 Å². The highest BCUT2D eigenvalue weighted by atomic mass is 16.7. The van der Waals surface area contributed by atoms with E-state index in [1.165, 1.54) is 21.1 Å². The first-order valence-electron chi connectivity index (χ1n) is 7.23. The summed E-state index contributed by atoms with van der Waals surface area (Å²) in [7, 11) is 3.05. The van der Waals surface area contributed by atoms with Crippen LogP contribution in [0.5, 0.6) is 17.2 Å². The molecule has 1 aliphatic rings. The van der Waals surface area contributed by atoms with Crippen molar-refractivity contribution in [1.82, 2.24) is 0 Å². The summed E-state index contributed by atoms with van der Waals surface area (Å²) in [5, 5.41) is 0. The molecule has 0 radical (unpaired) electrons. The molecule has 0 atom stereocenters. The fraction of sp³-hybridized carbons (Fsp3) is 0.471. The summed E-state index contributed by atoms with van der Waals surface area (Å²) in [5.74, 6) is 1.17. The van der Waals surface area contributed by atoms with E-state index in [0.717, 1.165) is 0 Å². The minimum absolute atomic E-state index is 0.0159. The quantitative estimate of drug-likeness (QED) is 0.568. The molecule has 0 bridgehead atoms. The second-order valence-electron chi connectivity index (χ2n) is 5.69. The van der Waals surface area contributed by atoms with Crippen LogP contribution in [-0.4, -0.2) is 39.2 Å². The van der Waals surface area contributed by atoms with E-state index in [1.54, 1.807) is 6.07 Å². The molecule has 1 aliphatic heterocycles. The third kappa shape index (κ3) is 3.83. The number of Topliss-reactive ketones (excluding diaryl/α,β-unsaturated/α-hetero) is 1. The summed E-state index contributed by atoms with van der Waals surface area (Å²) in [6, 6.07) is 1.65. The highest BCUT2D eigenvalue weighted by Crippen LogP contribution is 2.44. The molecular weight excluding hydrogens is 300 g/mol. The van der Waals surface area contributed by atoms with Crippen LogP contribution in [0.1, 0.15) is 36.7 Å². The maximum absolute atomic E-state index is 12.1. The van der Waals surface area contributed by atoms with Crippen LogP contribution in [0.25, 0.3) is 6.08 Å². The number of fused-ring (bicyclic) bond motifs is 1. The summed E-state index contributed by atoms with van der Waals surface area (Å²) in [6.45, 7) is 5.39. The van der Waals surface area contributed by atoms with Gasteiger partial charge in [-0.25, -0.2) is 0 Å². The van der Waals surface area contributed by atoms with Gasteiger partial charge in [0, 0.05) is 20.3 Å². The Bertz CT molecular complexity index is 618. The number of ether oxygens (including phenoxy) is 5. The molecule has 1 heterocycles. The minimum atomic E-state index is -0.532. The zero-order valence-corrected chi connectivity index (χ0v) is 14.1. The standard InChI is InChI=1S/C17H22O6/c1-11(18)15-14(22-10-20-5)8-13(21-9-19-4)12-6-7-17(2,3)23-16(12)15/h6-8H,9-10H2,1-5H3. The number of carbonyl (C=O) groups is 1. The molecule has 23 heavy (non-hydrogen) atoms. The highest BCUT2D eigenvalue weighted by Gasteiger charge is 2.30. The van der Waals surface area contributed by atoms with E-state index in [1.807, 2.05) is 26.0 Å². The summed E-state index contributed by atoms with van der Waals surface area (Å²) >= 11 is 0. The van der Waals surface area contributed by atoms with Gasteiger partial charge in [-0.15, -0.1) is 0 Å². The van der Waals surface area contributed by atoms with Crippen LogP contribution in [0.2, 0.25) is 0 Å². The van der Waals surface area contributed by atoms with Crippen molar-refractivity contribution in [2.75, 3.05) is 27.8 Å². The highest BCUT2D eigenvalue weighted by molar-refractivity contribution is 6.01. The Morgan fingerprint density at radius 2 is 1.74 bits per heavy atom. The molecule has 0 fully saturated rings. The lowest BCUT2D eigenvalue weighted by Gasteiger charge is -2.30. The van der Waals surface area contributed by atoms with Gasteiger partial charge in [0.2, 0.25) is 0 Å². The Kier molecular flexibility index (Phi) is 5.28. The fourth-order valence-corrected chi connectivity index (χ4v) is 2.28. The first-order chi connectivity index (χ1) is 10.9. The zero-order valence-electron chi connectivity index (χ0n) is 14.1. The van der Waals surface area contributed by atoms with E-state index in [-0.39, 0.29) is 19.4 Å². The van der Waals surface area contributed by atoms with Crippen molar-refractivity contribution in [3.05, 3.63) is 23.3 Å². The number of ketones is 1. The van der Waals surface area contributed by atoms with E-state index in [2.05, 4.69) is 0 Å². The van der Waals surface area contributed by atoms with Gasteiger partial charge in [0.25, 0.3) is 0 Å². The maximum atomic E-state index is 12.1. The lowest BCUT2D eigenvalue weighted by Crippen LogP contribution is -2.29. The molecule has 1 aromatic rings. The van der Waals surface area contributed by atoms with Crippen molar-refractivity contribution >= 4 is 11.9 Å². The van der Waals surface area contributed by atoms with Crippen molar-refractivity contribution < 1.29 is 28.5 Å².